The topological polar surface area (TPSA) is 24.4 Å². The summed E-state index contributed by atoms with van der Waals surface area (Å²) in [7, 11) is 0. The van der Waals surface area contributed by atoms with E-state index in [-0.39, 0.29) is 0 Å². The summed E-state index contributed by atoms with van der Waals surface area (Å²) in [6.45, 7) is 0. The average Bonchev–Trinajstić information content (AvgIpc) is 3.00. The molecule has 1 N–H and O–H groups in total. The fourth-order valence-electron chi connectivity index (χ4n) is 2.22. The minimum absolute atomic E-state index is 0.406. The van der Waals surface area contributed by atoms with Crippen LogP contribution in [0.3, 0.4) is 0 Å². The molecule has 0 aromatic heterocycles. The van der Waals surface area contributed by atoms with Crippen LogP contribution < -0.4 is 5.43 Å². The summed E-state index contributed by atoms with van der Waals surface area (Å²) >= 11 is 3.45. The molecule has 3 rings (SSSR count). The predicted molar refractivity (Wildman–Crippen MR) is 74.0 cm³/mol. The van der Waals surface area contributed by atoms with Gasteiger partial charge in [0, 0.05) is 16.8 Å². The van der Waals surface area contributed by atoms with Gasteiger partial charge in [-0.3, -0.25) is 0 Å². The molecule has 1 aliphatic heterocycles. The third kappa shape index (κ3) is 2.20. The molecule has 0 saturated carbocycles. The Hall–Kier alpha value is -1.35. The van der Waals surface area contributed by atoms with Gasteiger partial charge in [0.1, 0.15) is 0 Å². The Balaban J connectivity index is 1.73. The molecule has 1 aliphatic carbocycles. The van der Waals surface area contributed by atoms with Crippen molar-refractivity contribution in [2.45, 2.75) is 12.5 Å². The molecule has 17 heavy (non-hydrogen) atoms. The Kier molecular flexibility index (Phi) is 2.85. The predicted octanol–water partition coefficient (Wildman–Crippen LogP) is 3.26. The number of rotatable bonds is 2. The fourth-order valence-corrected chi connectivity index (χ4v) is 2.49. The highest BCUT2D eigenvalue weighted by Gasteiger charge is 2.25. The van der Waals surface area contributed by atoms with Crippen LogP contribution in [-0.2, 0) is 0 Å². The molecule has 3 heteroatoms. The fraction of sp³-hybridized carbons (Fsp3) is 0.214. The SMILES string of the molecule is Brc1ccc(C2=NNC(C3C=CC=C3)C2)cc1. The Morgan fingerprint density at radius 1 is 1.12 bits per heavy atom. The molecule has 1 aromatic carbocycles. The van der Waals surface area contributed by atoms with Gasteiger partial charge in [-0.15, -0.1) is 0 Å². The molecule has 86 valence electrons. The van der Waals surface area contributed by atoms with Crippen LogP contribution in [-0.4, -0.2) is 11.8 Å². The monoisotopic (exact) mass is 288 g/mol. The lowest BCUT2D eigenvalue weighted by Crippen LogP contribution is -2.26. The standard InChI is InChI=1S/C14H13BrN2/c15-12-7-5-11(6-8-12)14-9-13(16-17-14)10-3-1-2-4-10/h1-8,10,13,16H,9H2. The molecule has 0 radical (unpaired) electrons. The zero-order valence-electron chi connectivity index (χ0n) is 9.31. The molecular formula is C14H13BrN2. The van der Waals surface area contributed by atoms with E-state index in [0.29, 0.717) is 12.0 Å². The van der Waals surface area contributed by atoms with E-state index in [1.165, 1.54) is 5.56 Å². The third-order valence-electron chi connectivity index (χ3n) is 3.20. The first-order valence-corrected chi connectivity index (χ1v) is 6.55. The molecule has 0 spiro atoms. The number of hydrogen-bond donors (Lipinski definition) is 1. The van der Waals surface area contributed by atoms with Gasteiger partial charge in [0.25, 0.3) is 0 Å². The number of hydrazone groups is 1. The van der Waals surface area contributed by atoms with Crippen molar-refractivity contribution in [3.8, 4) is 0 Å². The second kappa shape index (κ2) is 4.49. The summed E-state index contributed by atoms with van der Waals surface area (Å²) in [5.74, 6) is 0.478. The van der Waals surface area contributed by atoms with Gasteiger partial charge in [0.05, 0.1) is 11.8 Å². The van der Waals surface area contributed by atoms with Crippen LogP contribution in [0.25, 0.3) is 0 Å². The van der Waals surface area contributed by atoms with Crippen LogP contribution in [0.4, 0.5) is 0 Å². The summed E-state index contributed by atoms with van der Waals surface area (Å²) in [6.07, 6.45) is 9.63. The molecular weight excluding hydrogens is 276 g/mol. The molecule has 1 atom stereocenters. The van der Waals surface area contributed by atoms with Crippen molar-refractivity contribution < 1.29 is 0 Å². The number of halogens is 1. The molecule has 1 aromatic rings. The minimum Gasteiger partial charge on any atom is -0.305 e. The average molecular weight is 289 g/mol. The number of nitrogens with one attached hydrogen (secondary N) is 1. The van der Waals surface area contributed by atoms with Gasteiger partial charge in [-0.05, 0) is 17.7 Å². The number of benzene rings is 1. The molecule has 0 fully saturated rings. The number of nitrogens with zero attached hydrogens (tertiary/aromatic N) is 1. The highest BCUT2D eigenvalue weighted by atomic mass is 79.9. The first kappa shape index (κ1) is 10.8. The minimum atomic E-state index is 0.406. The van der Waals surface area contributed by atoms with Crippen LogP contribution in [0.5, 0.6) is 0 Å². The molecule has 2 aliphatic rings. The van der Waals surface area contributed by atoms with Gasteiger partial charge >= 0.3 is 0 Å². The quantitative estimate of drug-likeness (QED) is 0.888. The van der Waals surface area contributed by atoms with Crippen molar-refractivity contribution in [2.75, 3.05) is 0 Å². The zero-order chi connectivity index (χ0) is 11.7. The van der Waals surface area contributed by atoms with E-state index in [0.717, 1.165) is 16.6 Å². The van der Waals surface area contributed by atoms with Crippen LogP contribution in [0.15, 0.2) is 58.1 Å². The van der Waals surface area contributed by atoms with E-state index >= 15 is 0 Å². The zero-order valence-corrected chi connectivity index (χ0v) is 10.9. The van der Waals surface area contributed by atoms with E-state index in [1.807, 2.05) is 0 Å². The van der Waals surface area contributed by atoms with Crippen molar-refractivity contribution in [1.29, 1.82) is 0 Å². The van der Waals surface area contributed by atoms with Crippen molar-refractivity contribution in [2.24, 2.45) is 11.0 Å². The maximum Gasteiger partial charge on any atom is 0.0696 e. The van der Waals surface area contributed by atoms with Gasteiger partial charge < -0.3 is 5.43 Å². The molecule has 1 unspecified atom stereocenters. The van der Waals surface area contributed by atoms with Crippen LogP contribution in [0.2, 0.25) is 0 Å². The van der Waals surface area contributed by atoms with E-state index in [1.54, 1.807) is 0 Å². The lowest BCUT2D eigenvalue weighted by molar-refractivity contribution is 0.517. The van der Waals surface area contributed by atoms with Gasteiger partial charge in [0.2, 0.25) is 0 Å². The molecule has 1 heterocycles. The summed E-state index contributed by atoms with van der Waals surface area (Å²) < 4.78 is 1.10. The van der Waals surface area contributed by atoms with Crippen molar-refractivity contribution in [3.63, 3.8) is 0 Å². The van der Waals surface area contributed by atoms with Crippen LogP contribution in [0.1, 0.15) is 12.0 Å². The molecule has 0 amide bonds. The van der Waals surface area contributed by atoms with Gasteiger partial charge in [-0.25, -0.2) is 0 Å². The second-order valence-electron chi connectivity index (χ2n) is 4.35. The highest BCUT2D eigenvalue weighted by molar-refractivity contribution is 9.10. The van der Waals surface area contributed by atoms with Crippen molar-refractivity contribution in [3.05, 3.63) is 58.6 Å². The molecule has 0 bridgehead atoms. The number of hydrogen-bond acceptors (Lipinski definition) is 2. The normalized spacial score (nSPS) is 22.9. The van der Waals surface area contributed by atoms with Gasteiger partial charge in [-0.1, -0.05) is 52.4 Å². The molecule has 2 nitrogen and oxygen atoms in total. The Morgan fingerprint density at radius 3 is 2.53 bits per heavy atom. The third-order valence-corrected chi connectivity index (χ3v) is 3.73. The summed E-state index contributed by atoms with van der Waals surface area (Å²) in [4.78, 5) is 0. The second-order valence-corrected chi connectivity index (χ2v) is 5.27. The van der Waals surface area contributed by atoms with E-state index in [4.69, 9.17) is 0 Å². The van der Waals surface area contributed by atoms with Crippen molar-refractivity contribution >= 4 is 21.6 Å². The summed E-state index contributed by atoms with van der Waals surface area (Å²) in [5, 5.41) is 4.45. The summed E-state index contributed by atoms with van der Waals surface area (Å²) in [6, 6.07) is 8.73. The largest absolute Gasteiger partial charge is 0.305 e. The smallest absolute Gasteiger partial charge is 0.0696 e. The Labute approximate surface area is 109 Å². The first-order valence-electron chi connectivity index (χ1n) is 5.76. The van der Waals surface area contributed by atoms with Gasteiger partial charge in [-0.2, -0.15) is 5.10 Å². The van der Waals surface area contributed by atoms with Crippen molar-refractivity contribution in [1.82, 2.24) is 5.43 Å². The summed E-state index contributed by atoms with van der Waals surface area (Å²) in [5.41, 5.74) is 5.59. The lowest BCUT2D eigenvalue weighted by atomic mass is 9.95. The van der Waals surface area contributed by atoms with Crippen LogP contribution >= 0.6 is 15.9 Å². The maximum absolute atomic E-state index is 4.45. The number of allylic oxidation sites excluding steroid dienone is 2. The van der Waals surface area contributed by atoms with E-state index < -0.39 is 0 Å². The Bertz CT molecular complexity index is 487. The molecule has 0 saturated heterocycles. The lowest BCUT2D eigenvalue weighted by Gasteiger charge is -2.13. The van der Waals surface area contributed by atoms with E-state index in [9.17, 15) is 0 Å². The van der Waals surface area contributed by atoms with Crippen LogP contribution in [0, 0.1) is 5.92 Å². The Morgan fingerprint density at radius 2 is 1.82 bits per heavy atom. The highest BCUT2D eigenvalue weighted by Crippen LogP contribution is 2.23. The maximum atomic E-state index is 4.45. The van der Waals surface area contributed by atoms with E-state index in [2.05, 4.69) is 75.0 Å². The first-order chi connectivity index (χ1) is 8.33. The van der Waals surface area contributed by atoms with Gasteiger partial charge in [0.15, 0.2) is 0 Å².